The minimum absolute atomic E-state index is 0.127. The molecule has 6 heteroatoms. The van der Waals surface area contributed by atoms with Gasteiger partial charge in [-0.3, -0.25) is 4.79 Å². The van der Waals surface area contributed by atoms with E-state index in [-0.39, 0.29) is 12.7 Å². The molecule has 5 nitrogen and oxygen atoms in total. The smallest absolute Gasteiger partial charge is 0.221 e. The second kappa shape index (κ2) is 8.04. The Morgan fingerprint density at radius 2 is 1.95 bits per heavy atom. The SMILES string of the molecule is COc1ccc(NC(C)=O)cc1OCOCC[Si](C)(C)C. The molecule has 1 aromatic carbocycles. The van der Waals surface area contributed by atoms with E-state index < -0.39 is 8.07 Å². The van der Waals surface area contributed by atoms with Crippen LogP contribution in [-0.4, -0.2) is 34.5 Å². The molecule has 1 amide bonds. The Balaban J connectivity index is 2.54. The first-order valence-corrected chi connectivity index (χ1v) is 10.7. The van der Waals surface area contributed by atoms with Crippen molar-refractivity contribution in [3.8, 4) is 11.5 Å². The fraction of sp³-hybridized carbons (Fsp3) is 0.533. The molecule has 21 heavy (non-hydrogen) atoms. The van der Waals surface area contributed by atoms with Crippen LogP contribution in [0, 0.1) is 0 Å². The summed E-state index contributed by atoms with van der Waals surface area (Å²) in [7, 11) is 0.491. The Kier molecular flexibility index (Phi) is 6.71. The molecular weight excluding hydrogens is 286 g/mol. The molecule has 0 aliphatic heterocycles. The van der Waals surface area contributed by atoms with Crippen molar-refractivity contribution in [3.05, 3.63) is 18.2 Å². The Hall–Kier alpha value is -1.53. The van der Waals surface area contributed by atoms with Crippen molar-refractivity contribution in [1.29, 1.82) is 0 Å². The topological polar surface area (TPSA) is 56.8 Å². The number of anilines is 1. The molecule has 1 rings (SSSR count). The Labute approximate surface area is 127 Å². The molecule has 0 unspecified atom stereocenters. The van der Waals surface area contributed by atoms with Crippen LogP contribution in [0.3, 0.4) is 0 Å². The number of ether oxygens (including phenoxy) is 3. The first kappa shape index (κ1) is 17.5. The molecule has 0 aliphatic carbocycles. The van der Waals surface area contributed by atoms with Gasteiger partial charge in [0, 0.05) is 33.4 Å². The summed E-state index contributed by atoms with van der Waals surface area (Å²) in [6.45, 7) is 9.24. The number of amides is 1. The van der Waals surface area contributed by atoms with Crippen molar-refractivity contribution in [1.82, 2.24) is 0 Å². The predicted octanol–water partition coefficient (Wildman–Crippen LogP) is 3.34. The normalized spacial score (nSPS) is 11.1. The molecule has 0 atom stereocenters. The highest BCUT2D eigenvalue weighted by Crippen LogP contribution is 2.30. The van der Waals surface area contributed by atoms with Crippen molar-refractivity contribution in [2.45, 2.75) is 32.6 Å². The van der Waals surface area contributed by atoms with Crippen LogP contribution in [0.15, 0.2) is 18.2 Å². The molecule has 0 aliphatic rings. The standard InChI is InChI=1S/C15H25NO4Si/c1-12(17)16-13-6-7-14(18-2)15(10-13)20-11-19-8-9-21(3,4)5/h6-7,10H,8-9,11H2,1-5H3,(H,16,17). The van der Waals surface area contributed by atoms with Gasteiger partial charge >= 0.3 is 0 Å². The monoisotopic (exact) mass is 311 g/mol. The van der Waals surface area contributed by atoms with Crippen molar-refractivity contribution >= 4 is 19.7 Å². The quantitative estimate of drug-likeness (QED) is 0.454. The van der Waals surface area contributed by atoms with E-state index in [0.717, 1.165) is 6.04 Å². The average Bonchev–Trinajstić information content (AvgIpc) is 2.36. The molecular formula is C15H25NO4Si. The average molecular weight is 311 g/mol. The third-order valence-electron chi connectivity index (χ3n) is 2.78. The fourth-order valence-electron chi connectivity index (χ4n) is 1.61. The van der Waals surface area contributed by atoms with Crippen molar-refractivity contribution in [2.75, 3.05) is 25.8 Å². The number of carbonyl (C=O) groups is 1. The highest BCUT2D eigenvalue weighted by atomic mass is 28.3. The van der Waals surface area contributed by atoms with Gasteiger partial charge in [-0.2, -0.15) is 0 Å². The van der Waals surface area contributed by atoms with Gasteiger partial charge in [-0.15, -0.1) is 0 Å². The molecule has 0 heterocycles. The number of hydrogen-bond acceptors (Lipinski definition) is 4. The summed E-state index contributed by atoms with van der Waals surface area (Å²) in [4.78, 5) is 11.1. The zero-order chi connectivity index (χ0) is 15.9. The minimum atomic E-state index is -1.08. The molecule has 0 fully saturated rings. The van der Waals surface area contributed by atoms with E-state index in [1.54, 1.807) is 25.3 Å². The zero-order valence-electron chi connectivity index (χ0n) is 13.5. The van der Waals surface area contributed by atoms with Gasteiger partial charge in [0.1, 0.15) is 0 Å². The van der Waals surface area contributed by atoms with Crippen LogP contribution in [0.2, 0.25) is 25.7 Å². The van der Waals surface area contributed by atoms with Crippen LogP contribution in [0.1, 0.15) is 6.92 Å². The van der Waals surface area contributed by atoms with Gasteiger partial charge in [0.05, 0.1) is 7.11 Å². The van der Waals surface area contributed by atoms with Gasteiger partial charge in [0.2, 0.25) is 5.91 Å². The summed E-state index contributed by atoms with van der Waals surface area (Å²) in [6.07, 6.45) is 0. The van der Waals surface area contributed by atoms with E-state index >= 15 is 0 Å². The lowest BCUT2D eigenvalue weighted by Gasteiger charge is -2.16. The molecule has 118 valence electrons. The van der Waals surface area contributed by atoms with Crippen LogP contribution in [0.4, 0.5) is 5.69 Å². The zero-order valence-corrected chi connectivity index (χ0v) is 14.5. The highest BCUT2D eigenvalue weighted by molar-refractivity contribution is 6.76. The summed E-state index contributed by atoms with van der Waals surface area (Å²) in [5, 5.41) is 2.71. The van der Waals surface area contributed by atoms with Crippen molar-refractivity contribution in [2.24, 2.45) is 0 Å². The number of benzene rings is 1. The largest absolute Gasteiger partial charge is 0.493 e. The van der Waals surface area contributed by atoms with Gasteiger partial charge in [0.15, 0.2) is 18.3 Å². The van der Waals surface area contributed by atoms with Gasteiger partial charge in [-0.25, -0.2) is 0 Å². The maximum absolute atomic E-state index is 11.1. The number of hydrogen-bond donors (Lipinski definition) is 1. The van der Waals surface area contributed by atoms with E-state index in [1.807, 2.05) is 0 Å². The van der Waals surface area contributed by atoms with E-state index in [2.05, 4.69) is 25.0 Å². The minimum Gasteiger partial charge on any atom is -0.493 e. The van der Waals surface area contributed by atoms with E-state index in [4.69, 9.17) is 14.2 Å². The van der Waals surface area contributed by atoms with Crippen molar-refractivity contribution in [3.63, 3.8) is 0 Å². The van der Waals surface area contributed by atoms with Gasteiger partial charge in [0.25, 0.3) is 0 Å². The van der Waals surface area contributed by atoms with Crippen LogP contribution >= 0.6 is 0 Å². The number of rotatable bonds is 8. The fourth-order valence-corrected chi connectivity index (χ4v) is 2.37. The summed E-state index contributed by atoms with van der Waals surface area (Å²) < 4.78 is 16.3. The second-order valence-corrected chi connectivity index (χ2v) is 11.6. The summed E-state index contributed by atoms with van der Waals surface area (Å²) in [5.74, 6) is 1.03. The number of nitrogens with one attached hydrogen (secondary N) is 1. The third-order valence-corrected chi connectivity index (χ3v) is 4.48. The molecule has 1 aromatic rings. The van der Waals surface area contributed by atoms with Crippen molar-refractivity contribution < 1.29 is 19.0 Å². The van der Waals surface area contributed by atoms with Crippen LogP contribution in [-0.2, 0) is 9.53 Å². The van der Waals surface area contributed by atoms with Gasteiger partial charge in [-0.1, -0.05) is 19.6 Å². The van der Waals surface area contributed by atoms with E-state index in [0.29, 0.717) is 23.8 Å². The maximum Gasteiger partial charge on any atom is 0.221 e. The first-order valence-electron chi connectivity index (χ1n) is 6.98. The second-order valence-electron chi connectivity index (χ2n) is 6.03. The Morgan fingerprint density at radius 3 is 2.52 bits per heavy atom. The lowest BCUT2D eigenvalue weighted by molar-refractivity contribution is -0.114. The third kappa shape index (κ3) is 7.15. The van der Waals surface area contributed by atoms with Gasteiger partial charge < -0.3 is 19.5 Å². The lowest BCUT2D eigenvalue weighted by atomic mass is 10.2. The molecule has 0 saturated heterocycles. The van der Waals surface area contributed by atoms with Crippen LogP contribution in [0.5, 0.6) is 11.5 Å². The first-order chi connectivity index (χ1) is 9.81. The molecule has 0 aromatic heterocycles. The number of carbonyl (C=O) groups excluding carboxylic acids is 1. The molecule has 0 radical (unpaired) electrons. The lowest BCUT2D eigenvalue weighted by Crippen LogP contribution is -2.22. The summed E-state index contributed by atoms with van der Waals surface area (Å²) in [6, 6.07) is 6.34. The van der Waals surface area contributed by atoms with Crippen LogP contribution < -0.4 is 14.8 Å². The predicted molar refractivity (Wildman–Crippen MR) is 86.9 cm³/mol. The highest BCUT2D eigenvalue weighted by Gasteiger charge is 2.12. The van der Waals surface area contributed by atoms with Gasteiger partial charge in [-0.05, 0) is 18.2 Å². The molecule has 0 spiro atoms. The molecule has 0 saturated carbocycles. The number of methoxy groups -OCH3 is 1. The van der Waals surface area contributed by atoms with E-state index in [9.17, 15) is 4.79 Å². The maximum atomic E-state index is 11.1. The molecule has 0 bridgehead atoms. The molecule has 1 N–H and O–H groups in total. The summed E-state index contributed by atoms with van der Waals surface area (Å²) >= 11 is 0. The van der Waals surface area contributed by atoms with Crippen LogP contribution in [0.25, 0.3) is 0 Å². The Bertz CT molecular complexity index is 471. The van der Waals surface area contributed by atoms with E-state index in [1.165, 1.54) is 6.92 Å². The summed E-state index contributed by atoms with van der Waals surface area (Å²) in [5.41, 5.74) is 0.667. The Morgan fingerprint density at radius 1 is 1.24 bits per heavy atom.